The smallest absolute Gasteiger partial charge is 0.0145 e. The lowest BCUT2D eigenvalue weighted by atomic mass is 9.78. The van der Waals surface area contributed by atoms with Gasteiger partial charge in [-0.3, -0.25) is 0 Å². The minimum Gasteiger partial charge on any atom is -0.314 e. The van der Waals surface area contributed by atoms with E-state index in [0.717, 1.165) is 12.0 Å². The van der Waals surface area contributed by atoms with E-state index in [1.807, 2.05) is 0 Å². The number of nitrogens with zero attached hydrogens (tertiary/aromatic N) is 1. The highest BCUT2D eigenvalue weighted by Crippen LogP contribution is 2.34. The summed E-state index contributed by atoms with van der Waals surface area (Å²) < 4.78 is 0. The van der Waals surface area contributed by atoms with Crippen LogP contribution >= 0.6 is 0 Å². The van der Waals surface area contributed by atoms with Crippen molar-refractivity contribution in [3.8, 4) is 0 Å². The van der Waals surface area contributed by atoms with Crippen LogP contribution in [0.3, 0.4) is 0 Å². The average molecular weight is 393 g/mol. The molecule has 0 amide bonds. The first-order valence-electron chi connectivity index (χ1n) is 11.8. The van der Waals surface area contributed by atoms with Crippen LogP contribution in [0.15, 0.2) is 0 Å². The van der Waals surface area contributed by atoms with Gasteiger partial charge in [-0.2, -0.15) is 0 Å². The van der Waals surface area contributed by atoms with E-state index in [9.17, 15) is 0 Å². The normalized spacial score (nSPS) is 31.7. The van der Waals surface area contributed by atoms with Crippen LogP contribution in [0, 0.1) is 5.92 Å². The molecular formula is C24H48N4. The molecule has 3 heterocycles. The molecule has 4 heteroatoms. The molecule has 0 spiro atoms. The van der Waals surface area contributed by atoms with Gasteiger partial charge in [0.25, 0.3) is 0 Å². The van der Waals surface area contributed by atoms with Gasteiger partial charge < -0.3 is 20.9 Å². The summed E-state index contributed by atoms with van der Waals surface area (Å²) in [5.74, 6) is 0.847. The Balaban J connectivity index is 1.46. The SMILES string of the molecule is CC1(C)CC(NCC2CCN(C3CC(C)(C)NC(C)(C)C3)CC2)CC(C)(C)N1. The van der Waals surface area contributed by atoms with E-state index < -0.39 is 0 Å². The average Bonchev–Trinajstić information content (AvgIpc) is 2.47. The summed E-state index contributed by atoms with van der Waals surface area (Å²) in [6.07, 6.45) is 7.73. The molecule has 3 aliphatic rings. The molecule has 0 unspecified atom stereocenters. The molecular weight excluding hydrogens is 344 g/mol. The van der Waals surface area contributed by atoms with Crippen LogP contribution in [0.2, 0.25) is 0 Å². The Morgan fingerprint density at radius 3 is 1.61 bits per heavy atom. The van der Waals surface area contributed by atoms with Gasteiger partial charge in [0.2, 0.25) is 0 Å². The van der Waals surface area contributed by atoms with Crippen LogP contribution in [-0.2, 0) is 0 Å². The van der Waals surface area contributed by atoms with Crippen LogP contribution in [0.5, 0.6) is 0 Å². The second-order valence-corrected chi connectivity index (χ2v) is 12.8. The molecule has 3 saturated heterocycles. The monoisotopic (exact) mass is 392 g/mol. The fraction of sp³-hybridized carbons (Fsp3) is 1.00. The minimum absolute atomic E-state index is 0.234. The Labute approximate surface area is 175 Å². The van der Waals surface area contributed by atoms with E-state index in [1.165, 1.54) is 58.2 Å². The Bertz CT molecular complexity index is 497. The molecule has 0 aromatic heterocycles. The van der Waals surface area contributed by atoms with E-state index in [4.69, 9.17) is 0 Å². The molecule has 3 fully saturated rings. The molecule has 3 rings (SSSR count). The zero-order valence-corrected chi connectivity index (χ0v) is 20.0. The first-order valence-corrected chi connectivity index (χ1v) is 11.8. The second-order valence-electron chi connectivity index (χ2n) is 12.8. The maximum absolute atomic E-state index is 3.95. The van der Waals surface area contributed by atoms with Crippen molar-refractivity contribution in [2.75, 3.05) is 19.6 Å². The Hall–Kier alpha value is -0.160. The molecule has 0 aromatic rings. The lowest BCUT2D eigenvalue weighted by Gasteiger charge is -2.51. The fourth-order valence-corrected chi connectivity index (χ4v) is 6.85. The number of piperidine rings is 3. The Morgan fingerprint density at radius 2 is 1.14 bits per heavy atom. The third kappa shape index (κ3) is 6.17. The first-order chi connectivity index (χ1) is 12.7. The highest BCUT2D eigenvalue weighted by molar-refractivity contribution is 5.01. The number of nitrogens with one attached hydrogen (secondary N) is 3. The predicted molar refractivity (Wildman–Crippen MR) is 121 cm³/mol. The van der Waals surface area contributed by atoms with E-state index in [2.05, 4.69) is 76.2 Å². The first kappa shape index (κ1) is 22.5. The second kappa shape index (κ2) is 7.83. The number of likely N-dealkylation sites (tertiary alicyclic amines) is 1. The standard InChI is InChI=1S/C24H48N4/c1-21(2)13-19(14-22(3,4)26-21)25-17-18-9-11-28(12-10-18)20-15-23(5,6)27-24(7,8)16-20/h18-20,25-27H,9-17H2,1-8H3. The topological polar surface area (TPSA) is 39.3 Å². The van der Waals surface area contributed by atoms with E-state index in [-0.39, 0.29) is 22.2 Å². The Morgan fingerprint density at radius 1 is 0.714 bits per heavy atom. The van der Waals surface area contributed by atoms with Gasteiger partial charge in [0.15, 0.2) is 0 Å². The van der Waals surface area contributed by atoms with Crippen LogP contribution in [-0.4, -0.2) is 58.8 Å². The van der Waals surface area contributed by atoms with Crippen LogP contribution in [0.1, 0.15) is 93.9 Å². The van der Waals surface area contributed by atoms with Crippen molar-refractivity contribution in [1.82, 2.24) is 20.9 Å². The summed E-state index contributed by atoms with van der Waals surface area (Å²) in [4.78, 5) is 2.80. The summed E-state index contributed by atoms with van der Waals surface area (Å²) in [7, 11) is 0. The summed E-state index contributed by atoms with van der Waals surface area (Å²) in [6.45, 7) is 22.7. The number of rotatable bonds is 4. The molecule has 0 bridgehead atoms. The summed E-state index contributed by atoms with van der Waals surface area (Å²) >= 11 is 0. The van der Waals surface area contributed by atoms with E-state index in [1.54, 1.807) is 0 Å². The summed E-state index contributed by atoms with van der Waals surface area (Å²) in [6, 6.07) is 1.39. The van der Waals surface area contributed by atoms with Crippen LogP contribution in [0.25, 0.3) is 0 Å². The van der Waals surface area contributed by atoms with Gasteiger partial charge in [-0.1, -0.05) is 0 Å². The van der Waals surface area contributed by atoms with E-state index >= 15 is 0 Å². The minimum atomic E-state index is 0.234. The van der Waals surface area contributed by atoms with Gasteiger partial charge in [0.1, 0.15) is 0 Å². The number of hydrogen-bond donors (Lipinski definition) is 3. The lowest BCUT2D eigenvalue weighted by Crippen LogP contribution is -2.63. The molecule has 0 radical (unpaired) electrons. The third-order valence-corrected chi connectivity index (χ3v) is 7.22. The summed E-state index contributed by atoms with van der Waals surface area (Å²) in [5.41, 5.74) is 0.966. The Kier molecular flexibility index (Phi) is 6.30. The van der Waals surface area contributed by atoms with Crippen molar-refractivity contribution in [3.05, 3.63) is 0 Å². The largest absolute Gasteiger partial charge is 0.314 e. The lowest BCUT2D eigenvalue weighted by molar-refractivity contribution is 0.0431. The van der Waals surface area contributed by atoms with Crippen molar-refractivity contribution in [3.63, 3.8) is 0 Å². The zero-order valence-electron chi connectivity index (χ0n) is 20.0. The third-order valence-electron chi connectivity index (χ3n) is 7.22. The molecule has 0 aliphatic carbocycles. The molecule has 0 saturated carbocycles. The zero-order chi connectivity index (χ0) is 20.8. The van der Waals surface area contributed by atoms with Gasteiger partial charge in [-0.25, -0.2) is 0 Å². The van der Waals surface area contributed by atoms with Gasteiger partial charge in [-0.15, -0.1) is 0 Å². The molecule has 0 atom stereocenters. The quantitative estimate of drug-likeness (QED) is 0.678. The predicted octanol–water partition coefficient (Wildman–Crippen LogP) is 3.91. The maximum atomic E-state index is 3.95. The maximum Gasteiger partial charge on any atom is 0.0145 e. The van der Waals surface area contributed by atoms with Crippen molar-refractivity contribution >= 4 is 0 Å². The van der Waals surface area contributed by atoms with Crippen molar-refractivity contribution in [2.24, 2.45) is 5.92 Å². The highest BCUT2D eigenvalue weighted by Gasteiger charge is 2.41. The molecule has 28 heavy (non-hydrogen) atoms. The molecule has 164 valence electrons. The van der Waals surface area contributed by atoms with Crippen molar-refractivity contribution < 1.29 is 0 Å². The summed E-state index contributed by atoms with van der Waals surface area (Å²) in [5, 5.41) is 11.6. The van der Waals surface area contributed by atoms with Crippen LogP contribution in [0.4, 0.5) is 0 Å². The van der Waals surface area contributed by atoms with Gasteiger partial charge >= 0.3 is 0 Å². The molecule has 3 aliphatic heterocycles. The van der Waals surface area contributed by atoms with Crippen molar-refractivity contribution in [1.29, 1.82) is 0 Å². The number of hydrogen-bond acceptors (Lipinski definition) is 4. The van der Waals surface area contributed by atoms with Gasteiger partial charge in [0, 0.05) is 34.2 Å². The van der Waals surface area contributed by atoms with Crippen LogP contribution < -0.4 is 16.0 Å². The molecule has 4 nitrogen and oxygen atoms in total. The molecule has 0 aromatic carbocycles. The fourth-order valence-electron chi connectivity index (χ4n) is 6.85. The van der Waals surface area contributed by atoms with Gasteiger partial charge in [-0.05, 0) is 119 Å². The van der Waals surface area contributed by atoms with Gasteiger partial charge in [0.05, 0.1) is 0 Å². The highest BCUT2D eigenvalue weighted by atomic mass is 15.2. The van der Waals surface area contributed by atoms with E-state index in [0.29, 0.717) is 6.04 Å². The molecule has 3 N–H and O–H groups in total. The van der Waals surface area contributed by atoms with Crippen molar-refractivity contribution in [2.45, 2.75) is 128 Å².